The third kappa shape index (κ3) is 2.96. The molecule has 2 atom stereocenters. The van der Waals surface area contributed by atoms with Crippen molar-refractivity contribution in [1.29, 1.82) is 0 Å². The smallest absolute Gasteiger partial charge is 0.225 e. The van der Waals surface area contributed by atoms with Crippen molar-refractivity contribution < 1.29 is 8.42 Å². The molecule has 122 valence electrons. The second kappa shape index (κ2) is 6.12. The summed E-state index contributed by atoms with van der Waals surface area (Å²) in [7, 11) is -3.15. The first-order valence-electron chi connectivity index (χ1n) is 7.99. The van der Waals surface area contributed by atoms with Crippen LogP contribution in [0.1, 0.15) is 26.7 Å². The molecule has 3 heterocycles. The molecule has 0 unspecified atom stereocenters. The van der Waals surface area contributed by atoms with E-state index < -0.39 is 10.0 Å². The van der Waals surface area contributed by atoms with Crippen LogP contribution in [0.2, 0.25) is 0 Å². The highest BCUT2D eigenvalue weighted by Crippen LogP contribution is 2.35. The molecule has 0 bridgehead atoms. The van der Waals surface area contributed by atoms with Gasteiger partial charge in [0.1, 0.15) is 0 Å². The van der Waals surface area contributed by atoms with Gasteiger partial charge >= 0.3 is 0 Å². The Labute approximate surface area is 132 Å². The van der Waals surface area contributed by atoms with Crippen LogP contribution in [0.3, 0.4) is 0 Å². The molecule has 0 amide bonds. The van der Waals surface area contributed by atoms with Crippen molar-refractivity contribution in [2.75, 3.05) is 31.1 Å². The number of anilines is 1. The maximum Gasteiger partial charge on any atom is 0.225 e. The van der Waals surface area contributed by atoms with Gasteiger partial charge in [0.15, 0.2) is 0 Å². The number of sulfonamides is 1. The van der Waals surface area contributed by atoms with Crippen LogP contribution in [0.5, 0.6) is 0 Å². The van der Waals surface area contributed by atoms with Gasteiger partial charge in [-0.3, -0.25) is 0 Å². The summed E-state index contributed by atoms with van der Waals surface area (Å²) in [5, 5.41) is -0.236. The Morgan fingerprint density at radius 3 is 2.59 bits per heavy atom. The zero-order valence-corrected chi connectivity index (χ0v) is 14.0. The van der Waals surface area contributed by atoms with E-state index in [4.69, 9.17) is 0 Å². The van der Waals surface area contributed by atoms with Gasteiger partial charge in [-0.25, -0.2) is 22.7 Å². The van der Waals surface area contributed by atoms with Gasteiger partial charge in [0.25, 0.3) is 0 Å². The number of rotatable bonds is 3. The molecular formula is C15H24N4O2S. The fourth-order valence-electron chi connectivity index (χ4n) is 3.54. The highest BCUT2D eigenvalue weighted by atomic mass is 32.2. The molecule has 2 aliphatic rings. The molecule has 1 aromatic heterocycles. The lowest BCUT2D eigenvalue weighted by molar-refractivity contribution is 0.351. The molecule has 0 saturated carbocycles. The fraction of sp³-hybridized carbons (Fsp3) is 0.733. The maximum absolute atomic E-state index is 12.7. The van der Waals surface area contributed by atoms with Crippen LogP contribution in [0.25, 0.3) is 0 Å². The number of hydrogen-bond donors (Lipinski definition) is 0. The van der Waals surface area contributed by atoms with Crippen molar-refractivity contribution in [2.24, 2.45) is 11.8 Å². The Hall–Kier alpha value is -1.21. The van der Waals surface area contributed by atoms with Crippen molar-refractivity contribution in [3.05, 3.63) is 18.5 Å². The van der Waals surface area contributed by atoms with Crippen molar-refractivity contribution in [2.45, 2.75) is 31.9 Å². The van der Waals surface area contributed by atoms with E-state index >= 15 is 0 Å². The summed E-state index contributed by atoms with van der Waals surface area (Å²) in [4.78, 5) is 10.7. The predicted octanol–water partition coefficient (Wildman–Crippen LogP) is 1.36. The van der Waals surface area contributed by atoms with Crippen LogP contribution in [0, 0.1) is 11.8 Å². The summed E-state index contributed by atoms with van der Waals surface area (Å²) in [6.45, 7) is 6.99. The van der Waals surface area contributed by atoms with E-state index in [1.54, 1.807) is 22.8 Å². The fourth-order valence-corrected chi connectivity index (χ4v) is 5.94. The molecule has 0 aliphatic carbocycles. The highest BCUT2D eigenvalue weighted by molar-refractivity contribution is 7.90. The summed E-state index contributed by atoms with van der Waals surface area (Å²) in [6, 6.07) is 1.80. The molecule has 0 N–H and O–H groups in total. The van der Waals surface area contributed by atoms with Gasteiger partial charge in [-0.05, 0) is 30.7 Å². The molecule has 6 nitrogen and oxygen atoms in total. The summed E-state index contributed by atoms with van der Waals surface area (Å²) < 4.78 is 27.2. The van der Waals surface area contributed by atoms with Gasteiger partial charge in [0, 0.05) is 38.6 Å². The Morgan fingerprint density at radius 2 is 1.91 bits per heavy atom. The standard InChI is InChI=1S/C15H24N4O2S/c1-12(2)10-19-11-13-4-8-18(15-16-6-3-7-17-15)9-5-14(13)22(19,20)21/h3,6-7,12-14H,4-5,8-11H2,1-2H3/t13-,14-/m0/s1. The van der Waals surface area contributed by atoms with Gasteiger partial charge in [-0.1, -0.05) is 13.8 Å². The molecular weight excluding hydrogens is 300 g/mol. The molecule has 0 spiro atoms. The first-order chi connectivity index (χ1) is 10.5. The Bertz CT molecular complexity index is 605. The molecule has 1 aromatic rings. The monoisotopic (exact) mass is 324 g/mol. The first-order valence-corrected chi connectivity index (χ1v) is 9.49. The molecule has 0 aromatic carbocycles. The molecule has 7 heteroatoms. The third-order valence-electron chi connectivity index (χ3n) is 4.56. The van der Waals surface area contributed by atoms with Gasteiger partial charge in [-0.2, -0.15) is 0 Å². The van der Waals surface area contributed by atoms with Gasteiger partial charge < -0.3 is 4.90 Å². The van der Waals surface area contributed by atoms with Crippen LogP contribution < -0.4 is 4.90 Å². The van der Waals surface area contributed by atoms with Crippen molar-refractivity contribution in [3.63, 3.8) is 0 Å². The van der Waals surface area contributed by atoms with E-state index in [9.17, 15) is 8.42 Å². The summed E-state index contributed by atoms with van der Waals surface area (Å²) in [6.07, 6.45) is 5.01. The van der Waals surface area contributed by atoms with E-state index in [0.29, 0.717) is 37.9 Å². The molecule has 22 heavy (non-hydrogen) atoms. The number of aromatic nitrogens is 2. The van der Waals surface area contributed by atoms with Crippen LogP contribution in [0.15, 0.2) is 18.5 Å². The molecule has 2 saturated heterocycles. The quantitative estimate of drug-likeness (QED) is 0.840. The SMILES string of the molecule is CC(C)CN1C[C@@H]2CCN(c3ncccn3)CC[C@@H]2S1(=O)=O. The number of nitrogens with zero attached hydrogens (tertiary/aromatic N) is 4. The summed E-state index contributed by atoms with van der Waals surface area (Å²) in [5.74, 6) is 1.31. The Kier molecular flexibility index (Phi) is 4.36. The lowest BCUT2D eigenvalue weighted by Gasteiger charge is -2.22. The topological polar surface area (TPSA) is 66.4 Å². The zero-order chi connectivity index (χ0) is 15.7. The Balaban J connectivity index is 1.74. The molecule has 0 radical (unpaired) electrons. The molecule has 2 aliphatic heterocycles. The predicted molar refractivity (Wildman–Crippen MR) is 86.1 cm³/mol. The minimum Gasteiger partial charge on any atom is -0.341 e. The number of hydrogen-bond acceptors (Lipinski definition) is 5. The molecule has 2 fully saturated rings. The van der Waals surface area contributed by atoms with E-state index in [-0.39, 0.29) is 11.2 Å². The summed E-state index contributed by atoms with van der Waals surface area (Å²) >= 11 is 0. The van der Waals surface area contributed by atoms with Crippen LogP contribution >= 0.6 is 0 Å². The van der Waals surface area contributed by atoms with Crippen molar-refractivity contribution in [3.8, 4) is 0 Å². The second-order valence-electron chi connectivity index (χ2n) is 6.67. The largest absolute Gasteiger partial charge is 0.341 e. The minimum atomic E-state index is -3.15. The maximum atomic E-state index is 12.7. The van der Waals surface area contributed by atoms with E-state index in [1.807, 2.05) is 0 Å². The van der Waals surface area contributed by atoms with Crippen LogP contribution in [0.4, 0.5) is 5.95 Å². The second-order valence-corrected chi connectivity index (χ2v) is 8.82. The van der Waals surface area contributed by atoms with Crippen molar-refractivity contribution >= 4 is 16.0 Å². The van der Waals surface area contributed by atoms with E-state index in [0.717, 1.165) is 13.0 Å². The number of fused-ring (bicyclic) bond motifs is 1. The van der Waals surface area contributed by atoms with Crippen molar-refractivity contribution in [1.82, 2.24) is 14.3 Å². The van der Waals surface area contributed by atoms with Gasteiger partial charge in [0.05, 0.1) is 5.25 Å². The lowest BCUT2D eigenvalue weighted by atomic mass is 10.0. The third-order valence-corrected chi connectivity index (χ3v) is 6.97. The molecule has 3 rings (SSSR count). The highest BCUT2D eigenvalue weighted by Gasteiger charge is 2.46. The Morgan fingerprint density at radius 1 is 1.23 bits per heavy atom. The van der Waals surface area contributed by atoms with Gasteiger partial charge in [0.2, 0.25) is 16.0 Å². The normalized spacial score (nSPS) is 28.6. The lowest BCUT2D eigenvalue weighted by Crippen LogP contribution is -2.34. The van der Waals surface area contributed by atoms with E-state index in [1.165, 1.54) is 0 Å². The van der Waals surface area contributed by atoms with Gasteiger partial charge in [-0.15, -0.1) is 0 Å². The average molecular weight is 324 g/mol. The zero-order valence-electron chi connectivity index (χ0n) is 13.2. The van der Waals surface area contributed by atoms with Crippen LogP contribution in [-0.2, 0) is 10.0 Å². The summed E-state index contributed by atoms with van der Waals surface area (Å²) in [5.41, 5.74) is 0. The van der Waals surface area contributed by atoms with E-state index in [2.05, 4.69) is 28.7 Å². The first kappa shape index (κ1) is 15.7. The minimum absolute atomic E-state index is 0.234. The average Bonchev–Trinajstić information content (AvgIpc) is 2.65. The van der Waals surface area contributed by atoms with Crippen LogP contribution in [-0.4, -0.2) is 54.1 Å².